The number of aryl methyl sites for hydroxylation is 1. The van der Waals surface area contributed by atoms with E-state index in [-0.39, 0.29) is 6.10 Å². The number of nitrogens with one attached hydrogen (secondary N) is 1. The molecule has 0 radical (unpaired) electrons. The molecule has 1 aromatic heterocycles. The molecule has 6 nitrogen and oxygen atoms in total. The lowest BCUT2D eigenvalue weighted by molar-refractivity contribution is 0.0897. The van der Waals surface area contributed by atoms with Gasteiger partial charge in [-0.05, 0) is 56.8 Å². The number of fused-ring (bicyclic) bond motifs is 2. The Labute approximate surface area is 167 Å². The summed E-state index contributed by atoms with van der Waals surface area (Å²) in [5.74, 6) is 2.27. The van der Waals surface area contributed by atoms with E-state index in [1.54, 1.807) is 0 Å². The van der Waals surface area contributed by atoms with Crippen LogP contribution in [0.15, 0.2) is 24.3 Å². The maximum absolute atomic E-state index is 10.6. The second-order valence-electron chi connectivity index (χ2n) is 8.73. The third-order valence-corrected chi connectivity index (χ3v) is 6.89. The van der Waals surface area contributed by atoms with Crippen LogP contribution in [0.5, 0.6) is 0 Å². The van der Waals surface area contributed by atoms with Crippen LogP contribution in [-0.2, 0) is 11.2 Å². The molecular formula is C22H34N4O2. The van der Waals surface area contributed by atoms with E-state index < -0.39 is 0 Å². The summed E-state index contributed by atoms with van der Waals surface area (Å²) in [5, 5.41) is 24.6. The van der Waals surface area contributed by atoms with E-state index in [1.165, 1.54) is 44.9 Å². The van der Waals surface area contributed by atoms with E-state index in [4.69, 9.17) is 4.74 Å². The highest BCUT2D eigenvalue weighted by Gasteiger charge is 2.46. The lowest BCUT2D eigenvalue weighted by Gasteiger charge is -2.27. The summed E-state index contributed by atoms with van der Waals surface area (Å²) in [6.45, 7) is 0. The molecule has 1 saturated carbocycles. The summed E-state index contributed by atoms with van der Waals surface area (Å²) in [4.78, 5) is 0. The molecule has 5 atom stereocenters. The summed E-state index contributed by atoms with van der Waals surface area (Å²) in [6, 6.07) is 0. The summed E-state index contributed by atoms with van der Waals surface area (Å²) < 4.78 is 6.21. The van der Waals surface area contributed by atoms with Crippen molar-refractivity contribution in [2.75, 3.05) is 0 Å². The number of hydrogen-bond donors (Lipinski definition) is 2. The minimum Gasteiger partial charge on any atom is -0.389 e. The van der Waals surface area contributed by atoms with Crippen LogP contribution in [0.3, 0.4) is 0 Å². The maximum Gasteiger partial charge on any atom is 0.174 e. The van der Waals surface area contributed by atoms with Crippen molar-refractivity contribution in [3.8, 4) is 0 Å². The van der Waals surface area contributed by atoms with Gasteiger partial charge in [-0.2, -0.15) is 5.21 Å². The molecule has 1 aromatic rings. The first-order valence-corrected chi connectivity index (χ1v) is 11.2. The Hall–Kier alpha value is -1.53. The highest BCUT2D eigenvalue weighted by molar-refractivity contribution is 5.09. The normalized spacial score (nSPS) is 32.0. The minimum absolute atomic E-state index is 0.277. The first-order chi connectivity index (χ1) is 13.8. The third-order valence-electron chi connectivity index (χ3n) is 6.89. The quantitative estimate of drug-likeness (QED) is 0.499. The van der Waals surface area contributed by atoms with Crippen LogP contribution in [0, 0.1) is 17.8 Å². The molecule has 2 N–H and O–H groups in total. The highest BCUT2D eigenvalue weighted by atomic mass is 16.5. The van der Waals surface area contributed by atoms with Crippen LogP contribution in [0.25, 0.3) is 0 Å². The standard InChI is InChI=1S/C22H34N4O2/c27-19(16-8-4-3-5-9-16)13-12-18-17(20-14-15-21(18)28-20)10-6-1-2-7-11-22-23-25-26-24-22/h1,6,12-13,16-21,27H,2-5,7-11,14-15H2,(H,23,24,25,26)/t17-,18-,19?,20+,21-/m1/s1. The number of allylic oxidation sites excluding steroid dienone is 2. The first kappa shape index (κ1) is 19.8. The van der Waals surface area contributed by atoms with E-state index in [0.717, 1.165) is 31.5 Å². The lowest BCUT2D eigenvalue weighted by Crippen LogP contribution is -2.26. The van der Waals surface area contributed by atoms with Gasteiger partial charge in [0.25, 0.3) is 0 Å². The van der Waals surface area contributed by atoms with Crippen molar-refractivity contribution in [3.05, 3.63) is 30.1 Å². The molecule has 2 saturated heterocycles. The Morgan fingerprint density at radius 1 is 1.11 bits per heavy atom. The molecular weight excluding hydrogens is 352 g/mol. The van der Waals surface area contributed by atoms with Crippen LogP contribution in [0.2, 0.25) is 0 Å². The summed E-state index contributed by atoms with van der Waals surface area (Å²) >= 11 is 0. The van der Waals surface area contributed by atoms with Gasteiger partial charge in [0.2, 0.25) is 0 Å². The summed E-state index contributed by atoms with van der Waals surface area (Å²) in [7, 11) is 0. The number of aliphatic hydroxyl groups excluding tert-OH is 1. The van der Waals surface area contributed by atoms with Crippen molar-refractivity contribution < 1.29 is 9.84 Å². The molecule has 2 bridgehead atoms. The van der Waals surface area contributed by atoms with E-state index in [2.05, 4.69) is 44.9 Å². The van der Waals surface area contributed by atoms with Gasteiger partial charge in [0.05, 0.1) is 18.3 Å². The van der Waals surface area contributed by atoms with Gasteiger partial charge in [0.1, 0.15) is 0 Å². The van der Waals surface area contributed by atoms with Crippen LogP contribution < -0.4 is 0 Å². The van der Waals surface area contributed by atoms with Gasteiger partial charge in [-0.15, -0.1) is 10.2 Å². The fraction of sp³-hybridized carbons (Fsp3) is 0.773. The fourth-order valence-corrected chi connectivity index (χ4v) is 5.30. The molecule has 0 amide bonds. The molecule has 4 rings (SSSR count). The zero-order valence-corrected chi connectivity index (χ0v) is 16.7. The number of unbranched alkanes of at least 4 members (excludes halogenated alkanes) is 1. The number of hydrogen-bond acceptors (Lipinski definition) is 5. The summed E-state index contributed by atoms with van der Waals surface area (Å²) in [5.41, 5.74) is 0. The second-order valence-corrected chi connectivity index (χ2v) is 8.73. The number of ether oxygens (including phenoxy) is 1. The van der Waals surface area contributed by atoms with Crippen molar-refractivity contribution in [1.29, 1.82) is 0 Å². The second kappa shape index (κ2) is 9.79. The van der Waals surface area contributed by atoms with E-state index in [9.17, 15) is 5.11 Å². The van der Waals surface area contributed by atoms with Crippen molar-refractivity contribution in [3.63, 3.8) is 0 Å². The van der Waals surface area contributed by atoms with Crippen LogP contribution in [-0.4, -0.2) is 44.0 Å². The Morgan fingerprint density at radius 2 is 1.96 bits per heavy atom. The number of tetrazole rings is 1. The molecule has 1 aliphatic carbocycles. The number of aromatic nitrogens is 4. The third kappa shape index (κ3) is 4.90. The Bertz CT molecular complexity index is 639. The summed E-state index contributed by atoms with van der Waals surface area (Å²) in [6.07, 6.45) is 22.1. The van der Waals surface area contributed by atoms with Crippen molar-refractivity contribution >= 4 is 0 Å². The lowest BCUT2D eigenvalue weighted by atomic mass is 9.76. The Kier molecular flexibility index (Phi) is 6.91. The van der Waals surface area contributed by atoms with Crippen LogP contribution >= 0.6 is 0 Å². The molecule has 1 unspecified atom stereocenters. The van der Waals surface area contributed by atoms with Crippen molar-refractivity contribution in [1.82, 2.24) is 20.6 Å². The van der Waals surface area contributed by atoms with Gasteiger partial charge in [-0.25, -0.2) is 0 Å². The molecule has 28 heavy (non-hydrogen) atoms. The van der Waals surface area contributed by atoms with Gasteiger partial charge in [-0.1, -0.05) is 48.8 Å². The predicted octanol–water partition coefficient (Wildman–Crippen LogP) is 3.76. The smallest absolute Gasteiger partial charge is 0.174 e. The fourth-order valence-electron chi connectivity index (χ4n) is 5.30. The topological polar surface area (TPSA) is 83.9 Å². The van der Waals surface area contributed by atoms with E-state index in [0.29, 0.717) is 30.0 Å². The number of nitrogens with zero attached hydrogens (tertiary/aromatic N) is 3. The van der Waals surface area contributed by atoms with Crippen LogP contribution in [0.1, 0.15) is 70.0 Å². The van der Waals surface area contributed by atoms with E-state index >= 15 is 0 Å². The monoisotopic (exact) mass is 386 g/mol. The highest BCUT2D eigenvalue weighted by Crippen LogP contribution is 2.46. The molecule has 6 heteroatoms. The van der Waals surface area contributed by atoms with Gasteiger partial charge in [-0.3, -0.25) is 0 Å². The minimum atomic E-state index is -0.277. The zero-order valence-electron chi connectivity index (χ0n) is 16.7. The predicted molar refractivity (Wildman–Crippen MR) is 107 cm³/mol. The number of rotatable bonds is 9. The van der Waals surface area contributed by atoms with E-state index in [1.807, 2.05) is 0 Å². The number of aliphatic hydroxyl groups is 1. The molecule has 3 aliphatic rings. The number of aromatic amines is 1. The number of H-pyrrole nitrogens is 1. The average Bonchev–Trinajstić information content (AvgIpc) is 3.47. The molecule has 0 spiro atoms. The van der Waals surface area contributed by atoms with Crippen molar-refractivity contribution in [2.45, 2.75) is 88.9 Å². The Balaban J connectivity index is 1.24. The molecule has 0 aromatic carbocycles. The zero-order chi connectivity index (χ0) is 19.2. The average molecular weight is 387 g/mol. The van der Waals surface area contributed by atoms with Gasteiger partial charge in [0.15, 0.2) is 5.82 Å². The Morgan fingerprint density at radius 3 is 2.79 bits per heavy atom. The molecule has 154 valence electrons. The van der Waals surface area contributed by atoms with Gasteiger partial charge < -0.3 is 9.84 Å². The van der Waals surface area contributed by atoms with Crippen LogP contribution in [0.4, 0.5) is 0 Å². The molecule has 3 fully saturated rings. The van der Waals surface area contributed by atoms with Crippen molar-refractivity contribution in [2.24, 2.45) is 17.8 Å². The maximum atomic E-state index is 10.6. The first-order valence-electron chi connectivity index (χ1n) is 11.2. The molecule has 2 aliphatic heterocycles. The van der Waals surface area contributed by atoms with Gasteiger partial charge >= 0.3 is 0 Å². The molecule has 3 heterocycles. The van der Waals surface area contributed by atoms with Gasteiger partial charge in [0, 0.05) is 12.3 Å². The SMILES string of the molecule is OC(C=C[C@@H]1[C@@H](CC=CCCCc2nn[nH]n2)[C@@H]2CC[C@H]1O2)C1CCCCC1. The largest absolute Gasteiger partial charge is 0.389 e.